The van der Waals surface area contributed by atoms with Crippen LogP contribution in [0.25, 0.3) is 10.4 Å². The monoisotopic (exact) mass is 276 g/mol. The lowest BCUT2D eigenvalue weighted by Gasteiger charge is -2.17. The summed E-state index contributed by atoms with van der Waals surface area (Å²) >= 11 is 0. The topological polar surface area (TPSA) is 87.1 Å². The fourth-order valence-corrected chi connectivity index (χ4v) is 1.84. The maximum atomic E-state index is 11.8. The Labute approximate surface area is 118 Å². The first kappa shape index (κ1) is 16.0. The molecule has 20 heavy (non-hydrogen) atoms. The number of hydrogen-bond acceptors (Lipinski definition) is 4. The van der Waals surface area contributed by atoms with E-state index in [0.29, 0.717) is 19.5 Å². The van der Waals surface area contributed by atoms with Gasteiger partial charge in [-0.3, -0.25) is 0 Å². The van der Waals surface area contributed by atoms with Crippen LogP contribution >= 0.6 is 0 Å². The third-order valence-corrected chi connectivity index (χ3v) is 3.00. The molecule has 0 aliphatic heterocycles. The Morgan fingerprint density at radius 3 is 2.70 bits per heavy atom. The maximum absolute atomic E-state index is 11.8. The minimum atomic E-state index is -0.489. The van der Waals surface area contributed by atoms with Crippen LogP contribution in [0.4, 0.5) is 0 Å². The Morgan fingerprint density at radius 2 is 2.15 bits per heavy atom. The van der Waals surface area contributed by atoms with E-state index in [1.165, 1.54) is 12.7 Å². The van der Waals surface area contributed by atoms with E-state index in [2.05, 4.69) is 22.3 Å². The zero-order valence-corrected chi connectivity index (χ0v) is 11.9. The Balaban J connectivity index is 2.67. The fourth-order valence-electron chi connectivity index (χ4n) is 1.84. The normalized spacial score (nSPS) is 11.5. The average Bonchev–Trinajstić information content (AvgIpc) is 2.50. The van der Waals surface area contributed by atoms with Crippen LogP contribution in [0.3, 0.4) is 0 Å². The minimum Gasteiger partial charge on any atom is -0.468 e. The number of nitrogens with zero attached hydrogens (tertiary/aromatic N) is 3. The number of aryl methyl sites for hydroxylation is 1. The number of benzene rings is 1. The molecule has 1 unspecified atom stereocenters. The summed E-state index contributed by atoms with van der Waals surface area (Å²) in [5.74, 6) is -0.321. The summed E-state index contributed by atoms with van der Waals surface area (Å²) in [5, 5.41) is 6.58. The van der Waals surface area contributed by atoms with Crippen molar-refractivity contribution < 1.29 is 9.53 Å². The SMILES string of the molecule is CCc1ccc(C(NCCCN=[N+]=[N-])C(=O)OC)cc1. The first-order valence-electron chi connectivity index (χ1n) is 6.63. The molecule has 0 saturated heterocycles. The summed E-state index contributed by atoms with van der Waals surface area (Å²) in [6.45, 7) is 3.07. The number of carbonyl (C=O) groups is 1. The lowest BCUT2D eigenvalue weighted by molar-refractivity contribution is -0.143. The Bertz CT molecular complexity index is 467. The number of esters is 1. The van der Waals surface area contributed by atoms with Gasteiger partial charge in [-0.15, -0.1) is 0 Å². The van der Waals surface area contributed by atoms with Gasteiger partial charge in [-0.1, -0.05) is 36.3 Å². The van der Waals surface area contributed by atoms with Gasteiger partial charge in [0.15, 0.2) is 0 Å². The summed E-state index contributed by atoms with van der Waals surface area (Å²) < 4.78 is 4.82. The second kappa shape index (κ2) is 8.96. The van der Waals surface area contributed by atoms with Crippen molar-refractivity contribution in [1.29, 1.82) is 0 Å². The molecule has 0 saturated carbocycles. The van der Waals surface area contributed by atoms with Crippen LogP contribution in [0.5, 0.6) is 0 Å². The number of rotatable bonds is 8. The lowest BCUT2D eigenvalue weighted by atomic mass is 10.0. The lowest BCUT2D eigenvalue weighted by Crippen LogP contribution is -2.30. The highest BCUT2D eigenvalue weighted by atomic mass is 16.5. The van der Waals surface area contributed by atoms with Gasteiger partial charge in [-0.2, -0.15) is 0 Å². The van der Waals surface area contributed by atoms with Crippen molar-refractivity contribution in [3.63, 3.8) is 0 Å². The van der Waals surface area contributed by atoms with E-state index in [1.807, 2.05) is 24.3 Å². The van der Waals surface area contributed by atoms with E-state index in [0.717, 1.165) is 12.0 Å². The van der Waals surface area contributed by atoms with Gasteiger partial charge in [0.2, 0.25) is 0 Å². The Kier molecular flexibility index (Phi) is 7.17. The molecule has 0 bridgehead atoms. The summed E-state index contributed by atoms with van der Waals surface area (Å²) in [4.78, 5) is 14.5. The van der Waals surface area contributed by atoms with Crippen molar-refractivity contribution in [2.24, 2.45) is 5.11 Å². The third-order valence-electron chi connectivity index (χ3n) is 3.00. The van der Waals surface area contributed by atoms with E-state index in [-0.39, 0.29) is 5.97 Å². The van der Waals surface area contributed by atoms with Crippen molar-refractivity contribution in [1.82, 2.24) is 5.32 Å². The van der Waals surface area contributed by atoms with Crippen LogP contribution in [0.1, 0.15) is 30.5 Å². The molecule has 1 aromatic carbocycles. The third kappa shape index (κ3) is 4.91. The summed E-state index contributed by atoms with van der Waals surface area (Å²) in [6, 6.07) is 7.39. The standard InChI is InChI=1S/C14H20N4O2/c1-3-11-5-7-12(8-6-11)13(14(19)20-2)16-9-4-10-17-18-15/h5-8,13,16H,3-4,9-10H2,1-2H3. The predicted molar refractivity (Wildman–Crippen MR) is 77.2 cm³/mol. The van der Waals surface area contributed by atoms with Gasteiger partial charge in [0, 0.05) is 11.5 Å². The van der Waals surface area contributed by atoms with Crippen molar-refractivity contribution in [2.75, 3.05) is 20.2 Å². The van der Waals surface area contributed by atoms with Crippen molar-refractivity contribution >= 4 is 5.97 Å². The molecule has 6 nitrogen and oxygen atoms in total. The molecule has 0 fully saturated rings. The zero-order valence-electron chi connectivity index (χ0n) is 11.9. The molecule has 6 heteroatoms. The van der Waals surface area contributed by atoms with Gasteiger partial charge < -0.3 is 10.1 Å². The van der Waals surface area contributed by atoms with Gasteiger partial charge >= 0.3 is 5.97 Å². The smallest absolute Gasteiger partial charge is 0.327 e. The summed E-state index contributed by atoms with van der Waals surface area (Å²) in [6.07, 6.45) is 1.63. The highest BCUT2D eigenvalue weighted by Gasteiger charge is 2.20. The van der Waals surface area contributed by atoms with Crippen LogP contribution in [0.15, 0.2) is 29.4 Å². The van der Waals surface area contributed by atoms with E-state index in [4.69, 9.17) is 10.3 Å². The van der Waals surface area contributed by atoms with E-state index in [9.17, 15) is 4.79 Å². The Morgan fingerprint density at radius 1 is 1.45 bits per heavy atom. The molecular weight excluding hydrogens is 256 g/mol. The molecule has 0 amide bonds. The molecular formula is C14H20N4O2. The van der Waals surface area contributed by atoms with Gasteiger partial charge in [0.05, 0.1) is 7.11 Å². The van der Waals surface area contributed by atoms with Crippen molar-refractivity contribution in [3.05, 3.63) is 45.8 Å². The number of azide groups is 1. The quantitative estimate of drug-likeness (QED) is 0.260. The molecule has 0 aliphatic rings. The molecule has 1 aromatic rings. The molecule has 0 aliphatic carbocycles. The van der Waals surface area contributed by atoms with E-state index < -0.39 is 6.04 Å². The largest absolute Gasteiger partial charge is 0.468 e. The van der Waals surface area contributed by atoms with E-state index >= 15 is 0 Å². The first-order chi connectivity index (χ1) is 9.72. The number of methoxy groups -OCH3 is 1. The molecule has 0 heterocycles. The number of nitrogens with one attached hydrogen (secondary N) is 1. The highest BCUT2D eigenvalue weighted by molar-refractivity contribution is 5.77. The zero-order chi connectivity index (χ0) is 14.8. The predicted octanol–water partition coefficient (Wildman–Crippen LogP) is 2.75. The van der Waals surface area contributed by atoms with Gasteiger partial charge in [-0.05, 0) is 36.0 Å². The van der Waals surface area contributed by atoms with Crippen molar-refractivity contribution in [2.45, 2.75) is 25.8 Å². The Hall–Kier alpha value is -2.04. The second-order valence-electron chi connectivity index (χ2n) is 4.31. The average molecular weight is 276 g/mol. The fraction of sp³-hybridized carbons (Fsp3) is 0.500. The van der Waals surface area contributed by atoms with Gasteiger partial charge in [-0.25, -0.2) is 4.79 Å². The van der Waals surface area contributed by atoms with Gasteiger partial charge in [0.25, 0.3) is 0 Å². The second-order valence-corrected chi connectivity index (χ2v) is 4.31. The number of ether oxygens (including phenoxy) is 1. The maximum Gasteiger partial charge on any atom is 0.327 e. The molecule has 1 rings (SSSR count). The molecule has 0 spiro atoms. The molecule has 0 aromatic heterocycles. The highest BCUT2D eigenvalue weighted by Crippen LogP contribution is 2.16. The minimum absolute atomic E-state index is 0.321. The first-order valence-corrected chi connectivity index (χ1v) is 6.63. The van der Waals surface area contributed by atoms with Crippen LogP contribution in [0.2, 0.25) is 0 Å². The van der Waals surface area contributed by atoms with Crippen LogP contribution < -0.4 is 5.32 Å². The number of hydrogen-bond donors (Lipinski definition) is 1. The van der Waals surface area contributed by atoms with Crippen molar-refractivity contribution in [3.8, 4) is 0 Å². The molecule has 108 valence electrons. The number of carbonyl (C=O) groups excluding carboxylic acids is 1. The summed E-state index contributed by atoms with van der Waals surface area (Å²) in [5.41, 5.74) is 10.3. The molecule has 1 atom stereocenters. The van der Waals surface area contributed by atoms with Gasteiger partial charge in [0.1, 0.15) is 6.04 Å². The van der Waals surface area contributed by atoms with Crippen LogP contribution in [-0.4, -0.2) is 26.2 Å². The van der Waals surface area contributed by atoms with Crippen LogP contribution in [0, 0.1) is 0 Å². The van der Waals surface area contributed by atoms with E-state index in [1.54, 1.807) is 0 Å². The molecule has 1 N–H and O–H groups in total. The molecule has 0 radical (unpaired) electrons. The van der Waals surface area contributed by atoms with Crippen LogP contribution in [-0.2, 0) is 16.0 Å². The summed E-state index contributed by atoms with van der Waals surface area (Å²) in [7, 11) is 1.37.